The maximum absolute atomic E-state index is 13.0. The number of para-hydroxylation sites is 1. The quantitative estimate of drug-likeness (QED) is 0.261. The van der Waals surface area contributed by atoms with Gasteiger partial charge in [0.05, 0.1) is 11.4 Å². The summed E-state index contributed by atoms with van der Waals surface area (Å²) in [5, 5.41) is 9.18. The highest BCUT2D eigenvalue weighted by Crippen LogP contribution is 2.34. The molecule has 1 atom stereocenters. The van der Waals surface area contributed by atoms with Gasteiger partial charge >= 0.3 is 0 Å². The minimum Gasteiger partial charge on any atom is -0.457 e. The van der Waals surface area contributed by atoms with Gasteiger partial charge < -0.3 is 20.7 Å². The van der Waals surface area contributed by atoms with Gasteiger partial charge in [-0.1, -0.05) is 38.1 Å². The molecule has 4 aromatic rings. The molecular weight excluding hydrogens is 502 g/mol. The SMILES string of the molecule is CCC(CC)NC/C=C/C(=O)N1CCCC(n2nc(-c3ccc(Oc4ccccc4)cc3)c3c(N)ncnc32)C1. The first-order valence-electron chi connectivity index (χ1n) is 14.1. The van der Waals surface area contributed by atoms with E-state index in [2.05, 4.69) is 29.1 Å². The molecule has 1 unspecified atom stereocenters. The Kier molecular flexibility index (Phi) is 8.71. The number of carbonyl (C=O) groups excluding carboxylic acids is 1. The number of benzene rings is 2. The highest BCUT2D eigenvalue weighted by molar-refractivity contribution is 5.98. The van der Waals surface area contributed by atoms with Gasteiger partial charge in [0.25, 0.3) is 0 Å². The number of nitrogens with zero attached hydrogens (tertiary/aromatic N) is 5. The predicted molar refractivity (Wildman–Crippen MR) is 158 cm³/mol. The van der Waals surface area contributed by atoms with Crippen LogP contribution in [0.5, 0.6) is 11.5 Å². The second-order valence-electron chi connectivity index (χ2n) is 10.1. The van der Waals surface area contributed by atoms with Crippen molar-refractivity contribution in [3.05, 3.63) is 73.1 Å². The molecule has 2 aromatic heterocycles. The largest absolute Gasteiger partial charge is 0.457 e. The number of rotatable bonds is 10. The molecule has 0 radical (unpaired) electrons. The number of likely N-dealkylation sites (tertiary alicyclic amines) is 1. The monoisotopic (exact) mass is 539 g/mol. The summed E-state index contributed by atoms with van der Waals surface area (Å²) in [7, 11) is 0. The van der Waals surface area contributed by atoms with Gasteiger partial charge in [0, 0.05) is 37.3 Å². The smallest absolute Gasteiger partial charge is 0.246 e. The van der Waals surface area contributed by atoms with Gasteiger partial charge in [-0.25, -0.2) is 14.6 Å². The molecule has 0 spiro atoms. The van der Waals surface area contributed by atoms with Crippen molar-refractivity contribution in [2.75, 3.05) is 25.4 Å². The van der Waals surface area contributed by atoms with Crippen LogP contribution in [0.4, 0.5) is 5.82 Å². The summed E-state index contributed by atoms with van der Waals surface area (Å²) in [6.07, 6.45) is 9.01. The van der Waals surface area contributed by atoms with Gasteiger partial charge in [0.1, 0.15) is 29.3 Å². The van der Waals surface area contributed by atoms with E-state index in [0.717, 1.165) is 60.4 Å². The van der Waals surface area contributed by atoms with Crippen molar-refractivity contribution in [2.45, 2.75) is 51.6 Å². The Morgan fingerprint density at radius 2 is 1.85 bits per heavy atom. The molecule has 5 rings (SSSR count). The van der Waals surface area contributed by atoms with E-state index in [1.54, 1.807) is 6.08 Å². The van der Waals surface area contributed by atoms with Crippen molar-refractivity contribution in [1.29, 1.82) is 0 Å². The summed E-state index contributed by atoms with van der Waals surface area (Å²) in [5.74, 6) is 1.91. The lowest BCUT2D eigenvalue weighted by Crippen LogP contribution is -2.40. The molecule has 1 aliphatic rings. The Balaban J connectivity index is 1.35. The first-order valence-corrected chi connectivity index (χ1v) is 14.1. The zero-order chi connectivity index (χ0) is 27.9. The highest BCUT2D eigenvalue weighted by atomic mass is 16.5. The Labute approximate surface area is 235 Å². The van der Waals surface area contributed by atoms with Crippen LogP contribution in [0.1, 0.15) is 45.6 Å². The molecule has 0 aliphatic carbocycles. The molecule has 1 fully saturated rings. The summed E-state index contributed by atoms with van der Waals surface area (Å²) >= 11 is 0. The molecular formula is C31H37N7O2. The number of ether oxygens (including phenoxy) is 1. The third-order valence-corrected chi connectivity index (χ3v) is 7.45. The number of nitrogens with one attached hydrogen (secondary N) is 1. The molecule has 9 heteroatoms. The molecule has 3 N–H and O–H groups in total. The maximum Gasteiger partial charge on any atom is 0.246 e. The van der Waals surface area contributed by atoms with Crippen molar-refractivity contribution in [1.82, 2.24) is 30.0 Å². The molecule has 9 nitrogen and oxygen atoms in total. The van der Waals surface area contributed by atoms with Crippen LogP contribution in [0.3, 0.4) is 0 Å². The fourth-order valence-corrected chi connectivity index (χ4v) is 5.19. The summed E-state index contributed by atoms with van der Waals surface area (Å²) in [4.78, 5) is 23.7. The average Bonchev–Trinajstić information content (AvgIpc) is 3.39. The standard InChI is InChI=1S/C31H37N7O2/c1-3-23(4-2)33-18-8-13-27(39)37-19-9-10-24(20-37)38-31-28(30(32)34-21-35-31)29(36-38)22-14-16-26(17-15-22)40-25-11-6-5-7-12-25/h5-8,11-17,21,23-24,33H,3-4,9-10,18-20H2,1-2H3,(H2,32,34,35)/b13-8+. The fourth-order valence-electron chi connectivity index (χ4n) is 5.19. The fraction of sp³-hybridized carbons (Fsp3) is 0.355. The van der Waals surface area contributed by atoms with Crippen LogP contribution in [0, 0.1) is 0 Å². The maximum atomic E-state index is 13.0. The van der Waals surface area contributed by atoms with Crippen LogP contribution in [-0.4, -0.2) is 56.2 Å². The van der Waals surface area contributed by atoms with Gasteiger partial charge in [-0.2, -0.15) is 5.10 Å². The molecule has 208 valence electrons. The van der Waals surface area contributed by atoms with Crippen molar-refractivity contribution in [3.8, 4) is 22.8 Å². The number of aromatic nitrogens is 4. The lowest BCUT2D eigenvalue weighted by molar-refractivity contribution is -0.127. The van der Waals surface area contributed by atoms with Crippen LogP contribution < -0.4 is 15.8 Å². The summed E-state index contributed by atoms with van der Waals surface area (Å²) in [6.45, 7) is 6.32. The lowest BCUT2D eigenvalue weighted by atomic mass is 10.1. The summed E-state index contributed by atoms with van der Waals surface area (Å²) in [5.41, 5.74) is 8.63. The number of amides is 1. The molecule has 1 saturated heterocycles. The molecule has 1 amide bonds. The number of nitrogens with two attached hydrogens (primary N) is 1. The van der Waals surface area contributed by atoms with E-state index in [0.29, 0.717) is 30.6 Å². The van der Waals surface area contributed by atoms with Crippen LogP contribution in [0.15, 0.2) is 73.1 Å². The van der Waals surface area contributed by atoms with E-state index in [9.17, 15) is 4.79 Å². The lowest BCUT2D eigenvalue weighted by Gasteiger charge is -2.32. The zero-order valence-corrected chi connectivity index (χ0v) is 23.2. The molecule has 1 aliphatic heterocycles. The van der Waals surface area contributed by atoms with Crippen LogP contribution >= 0.6 is 0 Å². The predicted octanol–water partition coefficient (Wildman–Crippen LogP) is 5.37. The first kappa shape index (κ1) is 27.3. The Morgan fingerprint density at radius 3 is 2.60 bits per heavy atom. The zero-order valence-electron chi connectivity index (χ0n) is 23.2. The van der Waals surface area contributed by atoms with Gasteiger partial charge in [-0.05, 0) is 62.1 Å². The third kappa shape index (κ3) is 6.15. The van der Waals surface area contributed by atoms with Gasteiger partial charge in [-0.15, -0.1) is 0 Å². The summed E-state index contributed by atoms with van der Waals surface area (Å²) in [6, 6.07) is 17.9. The van der Waals surface area contributed by atoms with Gasteiger partial charge in [0.2, 0.25) is 5.91 Å². The number of piperidine rings is 1. The Hall–Kier alpha value is -4.24. The molecule has 40 heavy (non-hydrogen) atoms. The van der Waals surface area contributed by atoms with E-state index in [-0.39, 0.29) is 11.9 Å². The highest BCUT2D eigenvalue weighted by Gasteiger charge is 2.28. The Morgan fingerprint density at radius 1 is 1.10 bits per heavy atom. The van der Waals surface area contributed by atoms with Crippen LogP contribution in [0.2, 0.25) is 0 Å². The first-order chi connectivity index (χ1) is 19.6. The third-order valence-electron chi connectivity index (χ3n) is 7.45. The van der Waals surface area contributed by atoms with E-state index in [4.69, 9.17) is 15.6 Å². The van der Waals surface area contributed by atoms with E-state index in [1.807, 2.05) is 70.3 Å². The van der Waals surface area contributed by atoms with E-state index in [1.165, 1.54) is 6.33 Å². The average molecular weight is 540 g/mol. The van der Waals surface area contributed by atoms with Gasteiger partial charge in [0.15, 0.2) is 5.65 Å². The van der Waals surface area contributed by atoms with Crippen LogP contribution in [-0.2, 0) is 4.79 Å². The van der Waals surface area contributed by atoms with Crippen molar-refractivity contribution >= 4 is 22.8 Å². The van der Waals surface area contributed by atoms with Crippen molar-refractivity contribution in [2.24, 2.45) is 0 Å². The topological polar surface area (TPSA) is 111 Å². The minimum absolute atomic E-state index is 0.0139. The molecule has 3 heterocycles. The van der Waals surface area contributed by atoms with E-state index < -0.39 is 0 Å². The molecule has 2 aromatic carbocycles. The number of anilines is 1. The number of hydrogen-bond donors (Lipinski definition) is 2. The van der Waals surface area contributed by atoms with Crippen LogP contribution in [0.25, 0.3) is 22.3 Å². The second-order valence-corrected chi connectivity index (χ2v) is 10.1. The number of fused-ring (bicyclic) bond motifs is 1. The van der Waals surface area contributed by atoms with Crippen molar-refractivity contribution < 1.29 is 9.53 Å². The second kappa shape index (κ2) is 12.7. The van der Waals surface area contributed by atoms with Gasteiger partial charge in [-0.3, -0.25) is 4.79 Å². The summed E-state index contributed by atoms with van der Waals surface area (Å²) < 4.78 is 7.88. The van der Waals surface area contributed by atoms with E-state index >= 15 is 0 Å². The number of nitrogen functional groups attached to an aromatic ring is 1. The minimum atomic E-state index is -0.0139. The normalized spacial score (nSPS) is 15.8. The van der Waals surface area contributed by atoms with Crippen molar-refractivity contribution in [3.63, 3.8) is 0 Å². The number of hydrogen-bond acceptors (Lipinski definition) is 7. The Bertz CT molecular complexity index is 1450. The molecule has 0 bridgehead atoms. The molecule has 0 saturated carbocycles. The number of carbonyl (C=O) groups is 1.